The molecule has 0 heterocycles. The Morgan fingerprint density at radius 2 is 1.85 bits per heavy atom. The SMILES string of the molecule is Nc1ccc(F)c(F)c1C(O)C(O)CCNC(=O)OCc1ccccc1. The maximum atomic E-state index is 13.8. The first kappa shape index (κ1) is 19.6. The van der Waals surface area contributed by atoms with Gasteiger partial charge in [0.2, 0.25) is 0 Å². The maximum Gasteiger partial charge on any atom is 0.407 e. The van der Waals surface area contributed by atoms with Gasteiger partial charge in [-0.3, -0.25) is 0 Å². The number of nitrogens with one attached hydrogen (secondary N) is 1. The Morgan fingerprint density at radius 1 is 1.15 bits per heavy atom. The van der Waals surface area contributed by atoms with Gasteiger partial charge >= 0.3 is 6.09 Å². The molecule has 0 bridgehead atoms. The van der Waals surface area contributed by atoms with E-state index in [1.165, 1.54) is 0 Å². The second-order valence-electron chi connectivity index (χ2n) is 5.65. The van der Waals surface area contributed by atoms with Gasteiger partial charge in [0, 0.05) is 17.8 Å². The second kappa shape index (κ2) is 9.12. The molecule has 0 aliphatic heterocycles. The molecule has 0 aliphatic carbocycles. The average Bonchev–Trinajstić information content (AvgIpc) is 2.64. The molecule has 2 aromatic rings. The van der Waals surface area contributed by atoms with Crippen LogP contribution in [0.3, 0.4) is 0 Å². The molecule has 5 N–H and O–H groups in total. The van der Waals surface area contributed by atoms with Crippen LogP contribution in [0.1, 0.15) is 23.7 Å². The van der Waals surface area contributed by atoms with Crippen molar-refractivity contribution >= 4 is 11.8 Å². The van der Waals surface area contributed by atoms with Crippen LogP contribution in [0.2, 0.25) is 0 Å². The van der Waals surface area contributed by atoms with Gasteiger partial charge < -0.3 is 26.0 Å². The Morgan fingerprint density at radius 3 is 2.54 bits per heavy atom. The summed E-state index contributed by atoms with van der Waals surface area (Å²) in [4.78, 5) is 11.6. The summed E-state index contributed by atoms with van der Waals surface area (Å²) >= 11 is 0. The van der Waals surface area contributed by atoms with E-state index in [1.807, 2.05) is 18.2 Å². The lowest BCUT2D eigenvalue weighted by Crippen LogP contribution is -2.30. The van der Waals surface area contributed by atoms with Crippen LogP contribution in [0, 0.1) is 11.6 Å². The number of carbonyl (C=O) groups excluding carboxylic acids is 1. The summed E-state index contributed by atoms with van der Waals surface area (Å²) in [7, 11) is 0. The molecule has 0 aromatic heterocycles. The van der Waals surface area contributed by atoms with Crippen molar-refractivity contribution in [2.45, 2.75) is 25.2 Å². The number of nitrogens with two attached hydrogens (primary N) is 1. The molecular formula is C18H20F2N2O4. The van der Waals surface area contributed by atoms with Gasteiger partial charge in [-0.2, -0.15) is 0 Å². The Balaban J connectivity index is 1.80. The minimum Gasteiger partial charge on any atom is -0.445 e. The van der Waals surface area contributed by atoms with Gasteiger partial charge in [0.05, 0.1) is 6.10 Å². The molecule has 0 saturated carbocycles. The first-order valence-corrected chi connectivity index (χ1v) is 7.94. The molecular weight excluding hydrogens is 346 g/mol. The molecule has 8 heteroatoms. The van der Waals surface area contributed by atoms with Gasteiger partial charge in [-0.15, -0.1) is 0 Å². The lowest BCUT2D eigenvalue weighted by molar-refractivity contribution is 0.0117. The monoisotopic (exact) mass is 366 g/mol. The molecule has 0 spiro atoms. The minimum atomic E-state index is -1.73. The Labute approximate surface area is 149 Å². The standard InChI is InChI=1S/C18H20F2N2O4/c19-12-6-7-13(21)15(16(12)20)17(24)14(23)8-9-22-18(25)26-10-11-4-2-1-3-5-11/h1-7,14,17,23-24H,8-10,21H2,(H,22,25). The summed E-state index contributed by atoms with van der Waals surface area (Å²) in [6.45, 7) is 0.0472. The number of anilines is 1. The third-order valence-electron chi connectivity index (χ3n) is 3.75. The number of hydrogen-bond acceptors (Lipinski definition) is 5. The average molecular weight is 366 g/mol. The van der Waals surface area contributed by atoms with Crippen LogP contribution >= 0.6 is 0 Å². The Hall–Kier alpha value is -2.71. The van der Waals surface area contributed by atoms with Crippen molar-refractivity contribution < 1.29 is 28.5 Å². The number of aliphatic hydroxyl groups is 2. The van der Waals surface area contributed by atoms with Crippen molar-refractivity contribution in [1.82, 2.24) is 5.32 Å². The lowest BCUT2D eigenvalue weighted by atomic mass is 9.99. The number of benzene rings is 2. The molecule has 2 unspecified atom stereocenters. The topological polar surface area (TPSA) is 105 Å². The zero-order valence-electron chi connectivity index (χ0n) is 13.9. The first-order valence-electron chi connectivity index (χ1n) is 7.94. The van der Waals surface area contributed by atoms with Crippen LogP contribution in [-0.2, 0) is 11.3 Å². The smallest absolute Gasteiger partial charge is 0.407 e. The molecule has 1 amide bonds. The number of halogens is 2. The van der Waals surface area contributed by atoms with E-state index in [4.69, 9.17) is 10.5 Å². The molecule has 2 rings (SSSR count). The van der Waals surface area contributed by atoms with Gasteiger partial charge in [0.25, 0.3) is 0 Å². The highest BCUT2D eigenvalue weighted by atomic mass is 19.2. The zero-order valence-corrected chi connectivity index (χ0v) is 13.9. The number of ether oxygens (including phenoxy) is 1. The van der Waals surface area contributed by atoms with Crippen molar-refractivity contribution in [2.24, 2.45) is 0 Å². The van der Waals surface area contributed by atoms with Crippen molar-refractivity contribution in [3.63, 3.8) is 0 Å². The van der Waals surface area contributed by atoms with Gasteiger partial charge in [-0.05, 0) is 24.1 Å². The van der Waals surface area contributed by atoms with Crippen LogP contribution in [-0.4, -0.2) is 29.0 Å². The van der Waals surface area contributed by atoms with Crippen LogP contribution in [0.4, 0.5) is 19.3 Å². The zero-order chi connectivity index (χ0) is 19.1. The fraction of sp³-hybridized carbons (Fsp3) is 0.278. The van der Waals surface area contributed by atoms with Crippen LogP contribution in [0.15, 0.2) is 42.5 Å². The highest BCUT2D eigenvalue weighted by Crippen LogP contribution is 2.28. The number of nitrogen functional groups attached to an aromatic ring is 1. The third kappa shape index (κ3) is 5.14. The van der Waals surface area contributed by atoms with E-state index in [1.54, 1.807) is 12.1 Å². The van der Waals surface area contributed by atoms with E-state index in [0.717, 1.165) is 17.7 Å². The fourth-order valence-corrected chi connectivity index (χ4v) is 2.33. The number of aliphatic hydroxyl groups excluding tert-OH is 2. The van der Waals surface area contributed by atoms with Crippen molar-refractivity contribution in [2.75, 3.05) is 12.3 Å². The van der Waals surface area contributed by atoms with E-state index in [-0.39, 0.29) is 25.3 Å². The third-order valence-corrected chi connectivity index (χ3v) is 3.75. The number of rotatable bonds is 7. The number of hydrogen-bond donors (Lipinski definition) is 4. The predicted octanol–water partition coefficient (Wildman–Crippen LogP) is 2.26. The van der Waals surface area contributed by atoms with Crippen molar-refractivity contribution in [1.29, 1.82) is 0 Å². The molecule has 6 nitrogen and oxygen atoms in total. The van der Waals surface area contributed by atoms with Gasteiger partial charge in [-0.25, -0.2) is 13.6 Å². The summed E-state index contributed by atoms with van der Waals surface area (Å²) in [5, 5.41) is 22.4. The largest absolute Gasteiger partial charge is 0.445 e. The van der Waals surface area contributed by atoms with Gasteiger partial charge in [0.15, 0.2) is 11.6 Å². The van der Waals surface area contributed by atoms with E-state index in [2.05, 4.69) is 5.32 Å². The number of amides is 1. The summed E-state index contributed by atoms with van der Waals surface area (Å²) in [5.74, 6) is -2.49. The lowest BCUT2D eigenvalue weighted by Gasteiger charge is -2.20. The van der Waals surface area contributed by atoms with Crippen LogP contribution in [0.25, 0.3) is 0 Å². The predicted molar refractivity (Wildman–Crippen MR) is 91.0 cm³/mol. The summed E-state index contributed by atoms with van der Waals surface area (Å²) in [6, 6.07) is 11.0. The highest BCUT2D eigenvalue weighted by molar-refractivity contribution is 5.67. The molecule has 2 aromatic carbocycles. The molecule has 0 saturated heterocycles. The molecule has 26 heavy (non-hydrogen) atoms. The highest BCUT2D eigenvalue weighted by Gasteiger charge is 2.25. The fourth-order valence-electron chi connectivity index (χ4n) is 2.33. The van der Waals surface area contributed by atoms with E-state index in [9.17, 15) is 23.8 Å². The second-order valence-corrected chi connectivity index (χ2v) is 5.65. The molecule has 0 radical (unpaired) electrons. The van der Waals surface area contributed by atoms with Crippen molar-refractivity contribution in [3.8, 4) is 0 Å². The Kier molecular flexibility index (Phi) is 6.88. The van der Waals surface area contributed by atoms with E-state index >= 15 is 0 Å². The first-order chi connectivity index (χ1) is 12.4. The van der Waals surface area contributed by atoms with Crippen LogP contribution in [0.5, 0.6) is 0 Å². The summed E-state index contributed by atoms with van der Waals surface area (Å²) in [6.07, 6.45) is -4.00. The molecule has 0 aliphatic rings. The van der Waals surface area contributed by atoms with E-state index in [0.29, 0.717) is 0 Å². The Bertz CT molecular complexity index is 743. The van der Waals surface area contributed by atoms with Gasteiger partial charge in [0.1, 0.15) is 12.7 Å². The normalized spacial score (nSPS) is 13.1. The molecule has 2 atom stereocenters. The molecule has 140 valence electrons. The van der Waals surface area contributed by atoms with Crippen LogP contribution < -0.4 is 11.1 Å². The van der Waals surface area contributed by atoms with Crippen molar-refractivity contribution in [3.05, 3.63) is 65.2 Å². The maximum absolute atomic E-state index is 13.8. The minimum absolute atomic E-state index is 0.0390. The summed E-state index contributed by atoms with van der Waals surface area (Å²) in [5.41, 5.74) is 5.66. The number of alkyl carbamates (subject to hydrolysis) is 1. The molecule has 0 fully saturated rings. The van der Waals surface area contributed by atoms with Gasteiger partial charge in [-0.1, -0.05) is 30.3 Å². The number of carbonyl (C=O) groups is 1. The van der Waals surface area contributed by atoms with E-state index < -0.39 is 35.5 Å². The quantitative estimate of drug-likeness (QED) is 0.563. The summed E-state index contributed by atoms with van der Waals surface area (Å²) < 4.78 is 32.0.